The van der Waals surface area contributed by atoms with Crippen molar-refractivity contribution in [2.24, 2.45) is 0 Å². The Balaban J connectivity index is 2.74. The summed E-state index contributed by atoms with van der Waals surface area (Å²) in [5.74, 6) is 0. The van der Waals surface area contributed by atoms with Gasteiger partial charge in [-0.15, -0.1) is 0 Å². The molecule has 1 aromatic carbocycles. The lowest BCUT2D eigenvalue weighted by Gasteiger charge is -2.06. The third kappa shape index (κ3) is 2.10. The molecule has 0 amide bonds. The van der Waals surface area contributed by atoms with Crippen molar-refractivity contribution in [2.45, 2.75) is 0 Å². The van der Waals surface area contributed by atoms with Gasteiger partial charge in [0.05, 0.1) is 5.69 Å². The highest BCUT2D eigenvalue weighted by Crippen LogP contribution is 2.31. The number of aromatic amines is 1. The first kappa shape index (κ1) is 11.8. The number of nitrogens with one attached hydrogen (secondary N) is 1. The maximum Gasteiger partial charge on any atom is 0.166 e. The number of carbonyl (C=O) groups is 2. The quantitative estimate of drug-likeness (QED) is 0.512. The number of aromatic nitrogens is 1. The highest BCUT2D eigenvalue weighted by molar-refractivity contribution is 14.1. The van der Waals surface area contributed by atoms with Crippen molar-refractivity contribution in [1.82, 2.24) is 4.98 Å². The second-order valence-electron chi connectivity index (χ2n) is 3.50. The van der Waals surface area contributed by atoms with E-state index in [2.05, 4.69) is 27.6 Å². The molecule has 5 heteroatoms. The summed E-state index contributed by atoms with van der Waals surface area (Å²) in [7, 11) is 0. The van der Waals surface area contributed by atoms with Crippen LogP contribution in [0.25, 0.3) is 11.1 Å². The molecule has 0 spiro atoms. The summed E-state index contributed by atoms with van der Waals surface area (Å²) in [6.07, 6.45) is 2.89. The predicted octanol–water partition coefficient (Wildman–Crippen LogP) is 2.49. The third-order valence-corrected chi connectivity index (χ3v) is 3.14. The Morgan fingerprint density at radius 1 is 1.24 bits per heavy atom. The Hall–Kier alpha value is -1.63. The normalized spacial score (nSPS) is 10.2. The predicted molar refractivity (Wildman–Crippen MR) is 74.1 cm³/mol. The van der Waals surface area contributed by atoms with Gasteiger partial charge in [0.1, 0.15) is 0 Å². The minimum absolute atomic E-state index is 0.362. The van der Waals surface area contributed by atoms with Crippen LogP contribution >= 0.6 is 22.6 Å². The van der Waals surface area contributed by atoms with Gasteiger partial charge in [-0.2, -0.15) is 0 Å². The van der Waals surface area contributed by atoms with Crippen LogP contribution in [0.3, 0.4) is 0 Å². The van der Waals surface area contributed by atoms with Crippen molar-refractivity contribution in [2.75, 3.05) is 5.73 Å². The number of anilines is 1. The highest BCUT2D eigenvalue weighted by Gasteiger charge is 2.15. The third-order valence-electron chi connectivity index (χ3n) is 2.47. The molecule has 86 valence electrons. The number of hydrogen-bond acceptors (Lipinski definition) is 3. The summed E-state index contributed by atoms with van der Waals surface area (Å²) >= 11 is 2.15. The van der Waals surface area contributed by atoms with Crippen LogP contribution in [-0.4, -0.2) is 17.6 Å². The molecule has 0 bridgehead atoms. The summed E-state index contributed by atoms with van der Waals surface area (Å²) in [6, 6.07) is 5.47. The minimum atomic E-state index is 0.362. The van der Waals surface area contributed by atoms with E-state index in [1.54, 1.807) is 6.07 Å². The van der Waals surface area contributed by atoms with Gasteiger partial charge in [0.2, 0.25) is 0 Å². The molecule has 0 aliphatic carbocycles. The Kier molecular flexibility index (Phi) is 3.28. The van der Waals surface area contributed by atoms with Crippen LogP contribution in [0.4, 0.5) is 5.69 Å². The number of hydrogen-bond donors (Lipinski definition) is 2. The lowest BCUT2D eigenvalue weighted by molar-refractivity contribution is 0.111. The number of carbonyl (C=O) groups excluding carboxylic acids is 2. The monoisotopic (exact) mass is 340 g/mol. The molecule has 0 saturated carbocycles. The second kappa shape index (κ2) is 4.70. The van der Waals surface area contributed by atoms with E-state index < -0.39 is 0 Å². The number of aldehydes is 2. The molecule has 17 heavy (non-hydrogen) atoms. The van der Waals surface area contributed by atoms with E-state index in [0.29, 0.717) is 40.6 Å². The topological polar surface area (TPSA) is 76.0 Å². The van der Waals surface area contributed by atoms with E-state index in [9.17, 15) is 9.59 Å². The molecule has 2 aromatic rings. The van der Waals surface area contributed by atoms with Crippen LogP contribution in [0.2, 0.25) is 0 Å². The van der Waals surface area contributed by atoms with E-state index in [-0.39, 0.29) is 0 Å². The van der Waals surface area contributed by atoms with Gasteiger partial charge < -0.3 is 10.7 Å². The van der Waals surface area contributed by atoms with E-state index in [0.717, 1.165) is 3.57 Å². The first-order valence-corrected chi connectivity index (χ1v) is 5.92. The van der Waals surface area contributed by atoms with Gasteiger partial charge in [-0.25, -0.2) is 0 Å². The Labute approximate surface area is 111 Å². The zero-order chi connectivity index (χ0) is 12.4. The first-order valence-electron chi connectivity index (χ1n) is 4.84. The molecule has 0 saturated heterocycles. The number of halogens is 1. The Morgan fingerprint density at radius 2 is 2.00 bits per heavy atom. The molecule has 1 heterocycles. The van der Waals surface area contributed by atoms with Crippen molar-refractivity contribution in [3.05, 3.63) is 39.2 Å². The molecule has 0 aliphatic rings. The second-order valence-corrected chi connectivity index (χ2v) is 4.75. The van der Waals surface area contributed by atoms with Crippen LogP contribution in [-0.2, 0) is 0 Å². The molecule has 0 radical (unpaired) electrons. The van der Waals surface area contributed by atoms with E-state index in [1.807, 2.05) is 12.1 Å². The molecule has 1 aromatic heterocycles. The van der Waals surface area contributed by atoms with E-state index >= 15 is 0 Å². The molecule has 3 N–H and O–H groups in total. The van der Waals surface area contributed by atoms with Gasteiger partial charge in [0.25, 0.3) is 0 Å². The lowest BCUT2D eigenvalue weighted by atomic mass is 10.0. The van der Waals surface area contributed by atoms with Crippen molar-refractivity contribution in [3.63, 3.8) is 0 Å². The zero-order valence-corrected chi connectivity index (χ0v) is 10.9. The van der Waals surface area contributed by atoms with Crippen LogP contribution in [0.5, 0.6) is 0 Å². The smallest absolute Gasteiger partial charge is 0.166 e. The summed E-state index contributed by atoms with van der Waals surface area (Å²) in [5, 5.41) is 0. The molecular formula is C12H9IN2O2. The molecule has 4 nitrogen and oxygen atoms in total. The summed E-state index contributed by atoms with van der Waals surface area (Å²) in [5.41, 5.74) is 8.47. The number of nitrogens with two attached hydrogens (primary N) is 1. The number of rotatable bonds is 3. The molecule has 0 aliphatic heterocycles. The average Bonchev–Trinajstić information content (AvgIpc) is 2.74. The van der Waals surface area contributed by atoms with Gasteiger partial charge in [0, 0.05) is 32.1 Å². The Bertz CT molecular complexity index is 565. The largest absolute Gasteiger partial charge is 0.398 e. The van der Waals surface area contributed by atoms with Gasteiger partial charge in [-0.05, 0) is 40.8 Å². The van der Waals surface area contributed by atoms with Crippen molar-refractivity contribution >= 4 is 40.9 Å². The van der Waals surface area contributed by atoms with Gasteiger partial charge in [-0.3, -0.25) is 9.59 Å². The first-order chi connectivity index (χ1) is 8.17. The summed E-state index contributed by atoms with van der Waals surface area (Å²) in [6.45, 7) is 0. The minimum Gasteiger partial charge on any atom is -0.398 e. The fraction of sp³-hybridized carbons (Fsp3) is 0. The SMILES string of the molecule is Nc1ccc(I)cc1-c1c(C=O)c[nH]c1C=O. The van der Waals surface area contributed by atoms with Crippen molar-refractivity contribution in [1.29, 1.82) is 0 Å². The fourth-order valence-electron chi connectivity index (χ4n) is 1.69. The van der Waals surface area contributed by atoms with Gasteiger partial charge >= 0.3 is 0 Å². The molecule has 0 atom stereocenters. The molecular weight excluding hydrogens is 331 g/mol. The van der Waals surface area contributed by atoms with Crippen molar-refractivity contribution < 1.29 is 9.59 Å². The van der Waals surface area contributed by atoms with E-state index in [4.69, 9.17) is 5.73 Å². The van der Waals surface area contributed by atoms with Gasteiger partial charge in [-0.1, -0.05) is 0 Å². The lowest BCUT2D eigenvalue weighted by Crippen LogP contribution is -1.94. The molecule has 0 unspecified atom stereocenters. The molecule has 2 rings (SSSR count). The highest BCUT2D eigenvalue weighted by atomic mass is 127. The molecule has 0 fully saturated rings. The van der Waals surface area contributed by atoms with Crippen LogP contribution in [0.1, 0.15) is 20.8 Å². The maximum atomic E-state index is 10.9. The zero-order valence-electron chi connectivity index (χ0n) is 8.74. The maximum absolute atomic E-state index is 10.9. The summed E-state index contributed by atoms with van der Waals surface area (Å²) < 4.78 is 0.988. The van der Waals surface area contributed by atoms with Crippen LogP contribution < -0.4 is 5.73 Å². The van der Waals surface area contributed by atoms with Crippen LogP contribution in [0, 0.1) is 3.57 Å². The summed E-state index contributed by atoms with van der Waals surface area (Å²) in [4.78, 5) is 24.6. The van der Waals surface area contributed by atoms with Gasteiger partial charge in [0.15, 0.2) is 12.6 Å². The number of benzene rings is 1. The Morgan fingerprint density at radius 3 is 2.65 bits per heavy atom. The van der Waals surface area contributed by atoms with Crippen molar-refractivity contribution in [3.8, 4) is 11.1 Å². The number of nitrogen functional groups attached to an aromatic ring is 1. The van der Waals surface area contributed by atoms with E-state index in [1.165, 1.54) is 6.20 Å². The standard InChI is InChI=1S/C12H9IN2O2/c13-8-1-2-10(14)9(3-8)12-7(5-16)4-15-11(12)6-17/h1-6,15H,14H2. The van der Waals surface area contributed by atoms with Crippen LogP contribution in [0.15, 0.2) is 24.4 Å². The number of H-pyrrole nitrogens is 1. The fourth-order valence-corrected chi connectivity index (χ4v) is 2.18. The average molecular weight is 340 g/mol.